The fourth-order valence-corrected chi connectivity index (χ4v) is 11.4. The number of benzene rings is 1. The third kappa shape index (κ3) is 2.44. The molecule has 1 aromatic rings. The van der Waals surface area contributed by atoms with Gasteiger partial charge >= 0.3 is 0 Å². The third-order valence-corrected chi connectivity index (χ3v) is 12.6. The SMILES string of the molecule is CC1=C2C(CO[Si]2(C(C)C)C(C)C)C2C(=O)N(c3ccccc3)C(=O)C2C1. The van der Waals surface area contributed by atoms with Crippen LogP contribution in [-0.2, 0) is 14.0 Å². The van der Waals surface area contributed by atoms with Gasteiger partial charge < -0.3 is 4.43 Å². The first-order valence-electron chi connectivity index (χ1n) is 10.1. The Morgan fingerprint density at radius 3 is 2.22 bits per heavy atom. The molecular formula is C22H29NO3Si. The van der Waals surface area contributed by atoms with Gasteiger partial charge in [-0.15, -0.1) is 0 Å². The largest absolute Gasteiger partial charge is 0.412 e. The predicted octanol–water partition coefficient (Wildman–Crippen LogP) is 4.46. The first-order chi connectivity index (χ1) is 12.8. The summed E-state index contributed by atoms with van der Waals surface area (Å²) >= 11 is 0. The zero-order valence-electron chi connectivity index (χ0n) is 16.9. The molecule has 2 heterocycles. The number of hydrogen-bond acceptors (Lipinski definition) is 3. The van der Waals surface area contributed by atoms with Gasteiger partial charge in [0.2, 0.25) is 20.1 Å². The molecule has 1 aromatic carbocycles. The monoisotopic (exact) mass is 383 g/mol. The van der Waals surface area contributed by atoms with E-state index in [-0.39, 0.29) is 29.6 Å². The molecule has 3 atom stereocenters. The third-order valence-electron chi connectivity index (χ3n) is 6.92. The topological polar surface area (TPSA) is 46.6 Å². The molecule has 4 nitrogen and oxygen atoms in total. The van der Waals surface area contributed by atoms with Crippen molar-refractivity contribution in [2.75, 3.05) is 11.5 Å². The molecule has 0 spiro atoms. The molecule has 27 heavy (non-hydrogen) atoms. The molecule has 2 fully saturated rings. The van der Waals surface area contributed by atoms with Gasteiger partial charge in [-0.2, -0.15) is 0 Å². The van der Waals surface area contributed by atoms with E-state index >= 15 is 0 Å². The van der Waals surface area contributed by atoms with Crippen LogP contribution in [0.3, 0.4) is 0 Å². The Morgan fingerprint density at radius 1 is 1.00 bits per heavy atom. The minimum absolute atomic E-state index is 0.0351. The van der Waals surface area contributed by atoms with E-state index in [1.54, 1.807) is 0 Å². The second kappa shape index (κ2) is 6.42. The Balaban J connectivity index is 1.78. The van der Waals surface area contributed by atoms with Crippen LogP contribution in [0.15, 0.2) is 41.1 Å². The zero-order chi connectivity index (χ0) is 19.5. The predicted molar refractivity (Wildman–Crippen MR) is 109 cm³/mol. The van der Waals surface area contributed by atoms with E-state index in [9.17, 15) is 9.59 Å². The van der Waals surface area contributed by atoms with Crippen molar-refractivity contribution in [3.05, 3.63) is 41.1 Å². The normalized spacial score (nSPS) is 29.7. The maximum Gasteiger partial charge on any atom is 0.238 e. The standard InChI is InChI=1S/C22H29NO3Si/c1-13(2)27(14(3)4)20-15(5)11-17-19(18(20)12-26-27)22(25)23(21(17)24)16-9-7-6-8-10-16/h6-10,13-14,17-19H,11-12H2,1-5H3. The highest BCUT2D eigenvalue weighted by Crippen LogP contribution is 2.56. The van der Waals surface area contributed by atoms with E-state index in [4.69, 9.17) is 4.43 Å². The Bertz CT molecular complexity index is 806. The van der Waals surface area contributed by atoms with Crippen LogP contribution in [0.5, 0.6) is 0 Å². The van der Waals surface area contributed by atoms with Crippen LogP contribution in [0.1, 0.15) is 41.0 Å². The van der Waals surface area contributed by atoms with Crippen LogP contribution >= 0.6 is 0 Å². The van der Waals surface area contributed by atoms with E-state index in [2.05, 4.69) is 34.6 Å². The summed E-state index contributed by atoms with van der Waals surface area (Å²) in [6.07, 6.45) is 0.696. The lowest BCUT2D eigenvalue weighted by atomic mass is 9.75. The summed E-state index contributed by atoms with van der Waals surface area (Å²) in [5, 5.41) is 1.44. The number of rotatable bonds is 3. The summed E-state index contributed by atoms with van der Waals surface area (Å²) in [6.45, 7) is 11.8. The summed E-state index contributed by atoms with van der Waals surface area (Å²) in [4.78, 5) is 28.0. The number of allylic oxidation sites excluding steroid dienone is 1. The van der Waals surface area contributed by atoms with Crippen LogP contribution in [0.2, 0.25) is 11.1 Å². The van der Waals surface area contributed by atoms with Crippen LogP contribution in [-0.4, -0.2) is 26.7 Å². The molecule has 3 aliphatic rings. The maximum absolute atomic E-state index is 13.4. The van der Waals surface area contributed by atoms with Gasteiger partial charge in [-0.05, 0) is 41.8 Å². The highest BCUT2D eigenvalue weighted by Gasteiger charge is 2.62. The number of imide groups is 1. The van der Waals surface area contributed by atoms with Crippen LogP contribution in [0.25, 0.3) is 0 Å². The van der Waals surface area contributed by atoms with E-state index in [1.165, 1.54) is 15.7 Å². The molecular weight excluding hydrogens is 354 g/mol. The summed E-state index contributed by atoms with van der Waals surface area (Å²) in [7, 11) is -2.13. The Kier molecular flexibility index (Phi) is 4.43. The second-order valence-corrected chi connectivity index (χ2v) is 13.6. The van der Waals surface area contributed by atoms with Gasteiger partial charge in [0.15, 0.2) is 0 Å². The van der Waals surface area contributed by atoms with E-state index in [0.717, 1.165) is 0 Å². The second-order valence-electron chi connectivity index (χ2n) is 8.90. The number of carbonyl (C=O) groups is 2. The number of carbonyl (C=O) groups excluding carboxylic acids is 2. The molecule has 0 saturated carbocycles. The van der Waals surface area contributed by atoms with Crippen LogP contribution in [0, 0.1) is 17.8 Å². The van der Waals surface area contributed by atoms with Gasteiger partial charge in [0.05, 0.1) is 17.5 Å². The van der Waals surface area contributed by atoms with Crippen molar-refractivity contribution in [1.29, 1.82) is 0 Å². The lowest BCUT2D eigenvalue weighted by molar-refractivity contribution is -0.122. The summed E-state index contributed by atoms with van der Waals surface area (Å²) < 4.78 is 6.61. The van der Waals surface area contributed by atoms with Gasteiger partial charge in [-0.1, -0.05) is 51.5 Å². The van der Waals surface area contributed by atoms with Crippen molar-refractivity contribution in [3.63, 3.8) is 0 Å². The van der Waals surface area contributed by atoms with Gasteiger partial charge in [-0.25, -0.2) is 0 Å². The van der Waals surface area contributed by atoms with E-state index in [1.807, 2.05) is 30.3 Å². The van der Waals surface area contributed by atoms with Gasteiger partial charge in [0.25, 0.3) is 0 Å². The van der Waals surface area contributed by atoms with Gasteiger partial charge in [0, 0.05) is 12.5 Å². The average Bonchev–Trinajstić information content (AvgIpc) is 3.14. The number of hydrogen-bond donors (Lipinski definition) is 0. The number of anilines is 1. The van der Waals surface area contributed by atoms with Crippen molar-refractivity contribution in [2.45, 2.75) is 52.1 Å². The molecule has 1 aliphatic carbocycles. The van der Waals surface area contributed by atoms with Gasteiger partial charge in [-0.3, -0.25) is 14.5 Å². The summed E-state index contributed by atoms with van der Waals surface area (Å²) in [5.74, 6) is -0.497. The first kappa shape index (κ1) is 18.6. The molecule has 4 rings (SSSR count). The molecule has 144 valence electrons. The van der Waals surface area contributed by atoms with Crippen molar-refractivity contribution in [1.82, 2.24) is 0 Å². The highest BCUT2D eigenvalue weighted by atomic mass is 28.4. The molecule has 0 radical (unpaired) electrons. The number of para-hydroxylation sites is 1. The highest BCUT2D eigenvalue weighted by molar-refractivity contribution is 6.84. The minimum atomic E-state index is -2.13. The molecule has 0 N–H and O–H groups in total. The van der Waals surface area contributed by atoms with Crippen LogP contribution < -0.4 is 4.90 Å². The molecule has 2 saturated heterocycles. The minimum Gasteiger partial charge on any atom is -0.412 e. The number of nitrogens with zero attached hydrogens (tertiary/aromatic N) is 1. The molecule has 2 amide bonds. The van der Waals surface area contributed by atoms with Gasteiger partial charge in [0.1, 0.15) is 0 Å². The van der Waals surface area contributed by atoms with Crippen LogP contribution in [0.4, 0.5) is 5.69 Å². The van der Waals surface area contributed by atoms with Crippen molar-refractivity contribution in [2.24, 2.45) is 17.8 Å². The Hall–Kier alpha value is -1.72. The van der Waals surface area contributed by atoms with Crippen molar-refractivity contribution < 1.29 is 14.0 Å². The van der Waals surface area contributed by atoms with E-state index in [0.29, 0.717) is 29.8 Å². The number of fused-ring (bicyclic) bond motifs is 3. The fraction of sp³-hybridized carbons (Fsp3) is 0.545. The summed E-state index contributed by atoms with van der Waals surface area (Å²) in [5.41, 5.74) is 2.92. The molecule has 5 heteroatoms. The Morgan fingerprint density at radius 2 is 1.63 bits per heavy atom. The molecule has 0 aromatic heterocycles. The lowest BCUT2D eigenvalue weighted by Crippen LogP contribution is -2.46. The first-order valence-corrected chi connectivity index (χ1v) is 12.1. The maximum atomic E-state index is 13.4. The Labute approximate surface area is 162 Å². The fourth-order valence-electron chi connectivity index (χ4n) is 5.92. The molecule has 3 unspecified atom stereocenters. The zero-order valence-corrected chi connectivity index (χ0v) is 17.9. The smallest absolute Gasteiger partial charge is 0.238 e. The lowest BCUT2D eigenvalue weighted by Gasteiger charge is -2.40. The number of amides is 2. The molecule has 2 aliphatic heterocycles. The van der Waals surface area contributed by atoms with Crippen molar-refractivity contribution >= 4 is 25.8 Å². The average molecular weight is 384 g/mol. The van der Waals surface area contributed by atoms with E-state index < -0.39 is 8.32 Å². The quantitative estimate of drug-likeness (QED) is 0.572. The summed E-state index contributed by atoms with van der Waals surface area (Å²) in [6, 6.07) is 9.35. The van der Waals surface area contributed by atoms with Crippen molar-refractivity contribution in [3.8, 4) is 0 Å². The molecule has 0 bridgehead atoms.